The minimum Gasteiger partial charge on any atom is -0.289 e. The molecule has 0 radical (unpaired) electrons. The molecule has 0 atom stereocenters. The van der Waals surface area contributed by atoms with Crippen LogP contribution in [0, 0.1) is 27.7 Å². The van der Waals surface area contributed by atoms with Crippen LogP contribution in [-0.4, -0.2) is 21.3 Å². The molecular formula is C27H37N2O4S+. The lowest BCUT2D eigenvalue weighted by Gasteiger charge is -2.15. The molecule has 0 unspecified atom stereocenters. The summed E-state index contributed by atoms with van der Waals surface area (Å²) in [6.45, 7) is 15.5. The van der Waals surface area contributed by atoms with E-state index < -0.39 is 10.0 Å². The predicted molar refractivity (Wildman–Crippen MR) is 138 cm³/mol. The van der Waals surface area contributed by atoms with Crippen LogP contribution in [0.1, 0.15) is 66.0 Å². The summed E-state index contributed by atoms with van der Waals surface area (Å²) in [4.78, 5) is 18.6. The van der Waals surface area contributed by atoms with Crippen molar-refractivity contribution in [2.24, 2.45) is 0 Å². The van der Waals surface area contributed by atoms with Gasteiger partial charge in [-0.05, 0) is 56.2 Å². The van der Waals surface area contributed by atoms with Gasteiger partial charge in [0.2, 0.25) is 11.9 Å². The molecule has 34 heavy (non-hydrogen) atoms. The van der Waals surface area contributed by atoms with Gasteiger partial charge in [-0.25, -0.2) is 8.42 Å². The monoisotopic (exact) mass is 485 g/mol. The summed E-state index contributed by atoms with van der Waals surface area (Å²) < 4.78 is 30.0. The highest BCUT2D eigenvalue weighted by atomic mass is 32.2. The number of carbonyl (C=O) groups is 1. The number of pyridine rings is 1. The standard InChI is InChI=1S/C23H24N2O4S.2C2H6/c1-15-6-8-20(9-7-15)30(27,28)24-22-13-17(3)16(2)12-21(22)23(26)19-10-11-25(29-5)18(4)14-19;2*1-2/h6-14H,1-5H3;2*1-2H3/p+1. The summed E-state index contributed by atoms with van der Waals surface area (Å²) in [5, 5.41) is 0. The normalized spacial score (nSPS) is 10.3. The van der Waals surface area contributed by atoms with Crippen LogP contribution < -0.4 is 14.3 Å². The third-order valence-electron chi connectivity index (χ3n) is 5.01. The topological polar surface area (TPSA) is 76.3 Å². The van der Waals surface area contributed by atoms with Crippen LogP contribution >= 0.6 is 0 Å². The van der Waals surface area contributed by atoms with Crippen LogP contribution in [0.5, 0.6) is 0 Å². The molecule has 7 heteroatoms. The molecule has 0 aliphatic carbocycles. The summed E-state index contributed by atoms with van der Waals surface area (Å²) in [6.07, 6.45) is 1.65. The number of anilines is 1. The number of ketones is 1. The molecule has 1 aromatic heterocycles. The van der Waals surface area contributed by atoms with Crippen molar-refractivity contribution in [3.05, 3.63) is 88.2 Å². The molecule has 2 aromatic carbocycles. The van der Waals surface area contributed by atoms with E-state index in [1.165, 1.54) is 11.8 Å². The summed E-state index contributed by atoms with van der Waals surface area (Å²) in [6, 6.07) is 13.3. The van der Waals surface area contributed by atoms with Crippen molar-refractivity contribution in [1.29, 1.82) is 0 Å². The van der Waals surface area contributed by atoms with Gasteiger partial charge in [-0.1, -0.05) is 45.4 Å². The van der Waals surface area contributed by atoms with Crippen LogP contribution in [0.2, 0.25) is 0 Å². The smallest absolute Gasteiger partial charge is 0.261 e. The Labute approximate surface area is 204 Å². The van der Waals surface area contributed by atoms with Crippen molar-refractivity contribution in [1.82, 2.24) is 0 Å². The number of benzene rings is 2. The fourth-order valence-corrected chi connectivity index (χ4v) is 4.18. The Bertz CT molecular complexity index is 1220. The number of nitrogens with zero attached hydrogens (tertiary/aromatic N) is 1. The molecule has 3 aromatic rings. The van der Waals surface area contributed by atoms with Crippen molar-refractivity contribution in [3.63, 3.8) is 0 Å². The van der Waals surface area contributed by atoms with Crippen molar-refractivity contribution in [2.45, 2.75) is 60.3 Å². The van der Waals surface area contributed by atoms with Gasteiger partial charge in [0.15, 0.2) is 5.78 Å². The van der Waals surface area contributed by atoms with E-state index in [-0.39, 0.29) is 16.4 Å². The number of hydrogen-bond donors (Lipinski definition) is 1. The summed E-state index contributed by atoms with van der Waals surface area (Å²) in [7, 11) is -2.31. The molecule has 1 N–H and O–H groups in total. The van der Waals surface area contributed by atoms with Crippen LogP contribution in [0.25, 0.3) is 0 Å². The van der Waals surface area contributed by atoms with E-state index in [9.17, 15) is 13.2 Å². The minimum atomic E-state index is -3.84. The maximum absolute atomic E-state index is 13.3. The van der Waals surface area contributed by atoms with Crippen LogP contribution in [0.3, 0.4) is 0 Å². The lowest BCUT2D eigenvalue weighted by molar-refractivity contribution is -0.889. The average Bonchev–Trinajstić information content (AvgIpc) is 2.83. The second kappa shape index (κ2) is 12.9. The highest BCUT2D eigenvalue weighted by Crippen LogP contribution is 2.26. The van der Waals surface area contributed by atoms with Gasteiger partial charge in [0.1, 0.15) is 7.11 Å². The van der Waals surface area contributed by atoms with Gasteiger partial charge >= 0.3 is 0 Å². The van der Waals surface area contributed by atoms with Gasteiger partial charge in [0.05, 0.1) is 10.6 Å². The second-order valence-corrected chi connectivity index (χ2v) is 8.98. The van der Waals surface area contributed by atoms with Gasteiger partial charge < -0.3 is 0 Å². The molecular weight excluding hydrogens is 448 g/mol. The van der Waals surface area contributed by atoms with Crippen LogP contribution in [0.4, 0.5) is 5.69 Å². The van der Waals surface area contributed by atoms with Crippen molar-refractivity contribution in [2.75, 3.05) is 11.8 Å². The first-order valence-electron chi connectivity index (χ1n) is 11.4. The van der Waals surface area contributed by atoms with Crippen LogP contribution in [0.15, 0.2) is 59.6 Å². The van der Waals surface area contributed by atoms with E-state index in [0.29, 0.717) is 11.1 Å². The molecule has 0 aliphatic rings. The second-order valence-electron chi connectivity index (χ2n) is 7.29. The van der Waals surface area contributed by atoms with E-state index in [1.54, 1.807) is 54.7 Å². The van der Waals surface area contributed by atoms with Gasteiger partial charge in [-0.15, -0.1) is 0 Å². The Hall–Kier alpha value is -3.19. The summed E-state index contributed by atoms with van der Waals surface area (Å²) in [5.41, 5.74) is 4.48. The first kappa shape index (κ1) is 28.8. The highest BCUT2D eigenvalue weighted by Gasteiger charge is 2.22. The summed E-state index contributed by atoms with van der Waals surface area (Å²) in [5.74, 6) is -0.272. The number of sulfonamides is 1. The van der Waals surface area contributed by atoms with Crippen molar-refractivity contribution in [3.8, 4) is 0 Å². The van der Waals surface area contributed by atoms with E-state index in [4.69, 9.17) is 4.84 Å². The molecule has 0 amide bonds. The van der Waals surface area contributed by atoms with Gasteiger partial charge in [-0.2, -0.15) is 0 Å². The molecule has 3 rings (SSSR count). The lowest BCUT2D eigenvalue weighted by Crippen LogP contribution is -2.43. The minimum absolute atomic E-state index is 0.140. The van der Waals surface area contributed by atoms with Gasteiger partial charge in [0, 0.05) is 34.9 Å². The van der Waals surface area contributed by atoms with E-state index >= 15 is 0 Å². The number of carbonyl (C=O) groups excluding carboxylic acids is 1. The highest BCUT2D eigenvalue weighted by molar-refractivity contribution is 7.92. The Balaban J connectivity index is 0.00000137. The Kier molecular flexibility index (Phi) is 10.9. The lowest BCUT2D eigenvalue weighted by atomic mass is 9.97. The molecule has 0 aliphatic heterocycles. The fraction of sp³-hybridized carbons (Fsp3) is 0.333. The molecule has 1 heterocycles. The quantitative estimate of drug-likeness (QED) is 0.377. The fourth-order valence-electron chi connectivity index (χ4n) is 3.11. The van der Waals surface area contributed by atoms with E-state index in [2.05, 4.69) is 4.72 Å². The third-order valence-corrected chi connectivity index (χ3v) is 6.40. The Morgan fingerprint density at radius 3 is 1.94 bits per heavy atom. The van der Waals surface area contributed by atoms with Crippen molar-refractivity contribution >= 4 is 21.5 Å². The zero-order chi connectivity index (χ0) is 26.1. The SMILES string of the molecule is CC.CC.CO[n+]1ccc(C(=O)c2cc(C)c(C)cc2NS(=O)(=O)c2ccc(C)cc2)cc1C. The number of aryl methyl sites for hydroxylation is 4. The molecule has 0 bridgehead atoms. The van der Waals surface area contributed by atoms with E-state index in [0.717, 1.165) is 22.4 Å². The molecule has 6 nitrogen and oxygen atoms in total. The molecule has 0 fully saturated rings. The first-order chi connectivity index (χ1) is 16.1. The Morgan fingerprint density at radius 2 is 1.41 bits per heavy atom. The van der Waals surface area contributed by atoms with Gasteiger partial charge in [0.25, 0.3) is 10.0 Å². The maximum Gasteiger partial charge on any atom is 0.261 e. The average molecular weight is 486 g/mol. The number of aromatic nitrogens is 1. The van der Waals surface area contributed by atoms with Crippen LogP contribution in [-0.2, 0) is 10.0 Å². The molecule has 184 valence electrons. The zero-order valence-electron chi connectivity index (χ0n) is 21.7. The Morgan fingerprint density at radius 1 is 0.853 bits per heavy atom. The number of hydrogen-bond acceptors (Lipinski definition) is 4. The number of rotatable bonds is 6. The first-order valence-corrected chi connectivity index (χ1v) is 12.9. The molecule has 0 spiro atoms. The molecule has 0 saturated carbocycles. The summed E-state index contributed by atoms with van der Waals surface area (Å²) >= 11 is 0. The predicted octanol–water partition coefficient (Wildman–Crippen LogP) is 5.35. The van der Waals surface area contributed by atoms with Gasteiger partial charge in [-0.3, -0.25) is 14.4 Å². The zero-order valence-corrected chi connectivity index (χ0v) is 22.5. The van der Waals surface area contributed by atoms with Crippen molar-refractivity contribution < 1.29 is 22.8 Å². The largest absolute Gasteiger partial charge is 0.289 e. The number of nitrogens with one attached hydrogen (secondary N) is 1. The third kappa shape index (κ3) is 6.90. The molecule has 0 saturated heterocycles. The van der Waals surface area contributed by atoms with E-state index in [1.807, 2.05) is 55.4 Å². The maximum atomic E-state index is 13.3.